The monoisotopic (exact) mass is 224 g/mol. The lowest BCUT2D eigenvalue weighted by Crippen LogP contribution is -2.32. The number of carboxylic acid groups (broad SMARTS) is 1. The molecule has 1 unspecified atom stereocenters. The first-order chi connectivity index (χ1) is 7.50. The fraction of sp³-hybridized carbons (Fsp3) is 0.300. The van der Waals surface area contributed by atoms with Crippen LogP contribution in [0.4, 0.5) is 0 Å². The predicted molar refractivity (Wildman–Crippen MR) is 54.6 cm³/mol. The van der Waals surface area contributed by atoms with Crippen LogP contribution in [-0.2, 0) is 9.63 Å². The van der Waals surface area contributed by atoms with Crippen LogP contribution in [0.25, 0.3) is 0 Å². The summed E-state index contributed by atoms with van der Waals surface area (Å²) in [6, 6.07) is 3.08. The van der Waals surface area contributed by atoms with Gasteiger partial charge in [0.15, 0.2) is 6.10 Å². The van der Waals surface area contributed by atoms with E-state index in [2.05, 4.69) is 15.3 Å². The van der Waals surface area contributed by atoms with Gasteiger partial charge in [-0.05, 0) is 26.0 Å². The molecule has 16 heavy (non-hydrogen) atoms. The fourth-order valence-electron chi connectivity index (χ4n) is 0.938. The van der Waals surface area contributed by atoms with Crippen LogP contribution in [0.1, 0.15) is 23.0 Å². The Labute approximate surface area is 92.2 Å². The molecule has 0 aliphatic rings. The van der Waals surface area contributed by atoms with E-state index in [9.17, 15) is 9.59 Å². The van der Waals surface area contributed by atoms with Gasteiger partial charge in [0.25, 0.3) is 5.91 Å². The third kappa shape index (κ3) is 3.32. The van der Waals surface area contributed by atoms with Crippen LogP contribution in [0.5, 0.6) is 0 Å². The van der Waals surface area contributed by atoms with E-state index in [0.717, 1.165) is 0 Å². The Kier molecular flexibility index (Phi) is 3.96. The van der Waals surface area contributed by atoms with Gasteiger partial charge in [-0.2, -0.15) is 0 Å². The van der Waals surface area contributed by atoms with Gasteiger partial charge in [0.1, 0.15) is 0 Å². The summed E-state index contributed by atoms with van der Waals surface area (Å²) < 4.78 is 0. The third-order valence-electron chi connectivity index (χ3n) is 1.84. The normalized spacial score (nSPS) is 11.9. The van der Waals surface area contributed by atoms with Crippen LogP contribution in [0, 0.1) is 6.92 Å². The summed E-state index contributed by atoms with van der Waals surface area (Å²) in [5, 5.41) is 8.52. The molecule has 0 bridgehead atoms. The number of carbonyl (C=O) groups excluding carboxylic acids is 1. The summed E-state index contributed by atoms with van der Waals surface area (Å²) in [5.74, 6) is -1.65. The molecule has 1 aromatic rings. The first-order valence-electron chi connectivity index (χ1n) is 4.62. The Morgan fingerprint density at radius 2 is 2.25 bits per heavy atom. The first-order valence-corrected chi connectivity index (χ1v) is 4.62. The van der Waals surface area contributed by atoms with E-state index in [1.807, 2.05) is 0 Å². The highest BCUT2D eigenvalue weighted by Gasteiger charge is 2.14. The van der Waals surface area contributed by atoms with Gasteiger partial charge < -0.3 is 5.11 Å². The Balaban J connectivity index is 2.56. The van der Waals surface area contributed by atoms with Crippen molar-refractivity contribution in [1.82, 2.24) is 10.5 Å². The molecule has 0 spiro atoms. The Bertz CT molecular complexity index is 406. The highest BCUT2D eigenvalue weighted by molar-refractivity contribution is 5.93. The Hall–Kier alpha value is -1.95. The van der Waals surface area contributed by atoms with E-state index in [-0.39, 0.29) is 0 Å². The molecule has 1 rings (SSSR count). The van der Waals surface area contributed by atoms with E-state index in [4.69, 9.17) is 5.11 Å². The van der Waals surface area contributed by atoms with Gasteiger partial charge in [0.05, 0.1) is 0 Å². The molecule has 6 heteroatoms. The molecule has 0 saturated carbocycles. The van der Waals surface area contributed by atoms with Gasteiger partial charge in [-0.15, -0.1) is 0 Å². The predicted octanol–water partition coefficient (Wildman–Crippen LogP) is 0.525. The van der Waals surface area contributed by atoms with Gasteiger partial charge in [-0.25, -0.2) is 10.3 Å². The molecule has 0 radical (unpaired) electrons. The van der Waals surface area contributed by atoms with Gasteiger partial charge in [0, 0.05) is 17.5 Å². The van der Waals surface area contributed by atoms with E-state index in [1.54, 1.807) is 13.0 Å². The first kappa shape index (κ1) is 12.1. The molecule has 0 saturated heterocycles. The molecule has 0 fully saturated rings. The molecule has 1 aromatic heterocycles. The zero-order valence-corrected chi connectivity index (χ0v) is 8.93. The number of hydrogen-bond donors (Lipinski definition) is 2. The lowest BCUT2D eigenvalue weighted by Gasteiger charge is -2.09. The lowest BCUT2D eigenvalue weighted by atomic mass is 10.2. The average Bonchev–Trinajstić information content (AvgIpc) is 2.25. The average molecular weight is 224 g/mol. The summed E-state index contributed by atoms with van der Waals surface area (Å²) >= 11 is 0. The van der Waals surface area contributed by atoms with Crippen molar-refractivity contribution in [3.63, 3.8) is 0 Å². The topological polar surface area (TPSA) is 88.5 Å². The minimum Gasteiger partial charge on any atom is -0.479 e. The maximum atomic E-state index is 11.5. The van der Waals surface area contributed by atoms with E-state index < -0.39 is 18.0 Å². The molecule has 1 atom stereocenters. The Morgan fingerprint density at radius 1 is 1.56 bits per heavy atom. The highest BCUT2D eigenvalue weighted by atomic mass is 16.7. The van der Waals surface area contributed by atoms with Crippen LogP contribution < -0.4 is 5.48 Å². The molecule has 0 aliphatic heterocycles. The fourth-order valence-corrected chi connectivity index (χ4v) is 0.938. The summed E-state index contributed by atoms with van der Waals surface area (Å²) in [7, 11) is 0. The second kappa shape index (κ2) is 5.22. The van der Waals surface area contributed by atoms with Gasteiger partial charge in [-0.1, -0.05) is 0 Å². The van der Waals surface area contributed by atoms with Gasteiger partial charge in [-0.3, -0.25) is 14.6 Å². The number of carboxylic acids is 1. The van der Waals surface area contributed by atoms with E-state index >= 15 is 0 Å². The summed E-state index contributed by atoms with van der Waals surface area (Å²) in [6.45, 7) is 3.07. The highest BCUT2D eigenvalue weighted by Crippen LogP contribution is 2.00. The molecule has 0 aliphatic carbocycles. The van der Waals surface area contributed by atoms with Gasteiger partial charge in [0.2, 0.25) is 0 Å². The quantitative estimate of drug-likeness (QED) is 0.728. The van der Waals surface area contributed by atoms with Crippen LogP contribution in [0.15, 0.2) is 18.3 Å². The lowest BCUT2D eigenvalue weighted by molar-refractivity contribution is -0.152. The van der Waals surface area contributed by atoms with Crippen molar-refractivity contribution in [3.8, 4) is 0 Å². The summed E-state index contributed by atoms with van der Waals surface area (Å²) in [4.78, 5) is 30.5. The number of amides is 1. The molecular formula is C10H12N2O4. The van der Waals surface area contributed by atoms with Crippen LogP contribution >= 0.6 is 0 Å². The van der Waals surface area contributed by atoms with Crippen molar-refractivity contribution in [2.24, 2.45) is 0 Å². The zero-order valence-electron chi connectivity index (χ0n) is 8.93. The van der Waals surface area contributed by atoms with Crippen LogP contribution in [0.3, 0.4) is 0 Å². The summed E-state index contributed by atoms with van der Waals surface area (Å²) in [6.07, 6.45) is 0.400. The van der Waals surface area contributed by atoms with Crippen molar-refractivity contribution < 1.29 is 19.5 Å². The number of hydroxylamine groups is 1. The smallest absolute Gasteiger partial charge is 0.335 e. The maximum absolute atomic E-state index is 11.5. The largest absolute Gasteiger partial charge is 0.479 e. The zero-order chi connectivity index (χ0) is 12.1. The number of aromatic nitrogens is 1. The minimum absolute atomic E-state index is 0.366. The summed E-state index contributed by atoms with van der Waals surface area (Å²) in [5.41, 5.74) is 3.12. The van der Waals surface area contributed by atoms with Crippen molar-refractivity contribution in [3.05, 3.63) is 29.6 Å². The number of hydrogen-bond acceptors (Lipinski definition) is 4. The number of nitrogens with one attached hydrogen (secondary N) is 1. The number of nitrogens with zero attached hydrogens (tertiary/aromatic N) is 1. The van der Waals surface area contributed by atoms with Crippen molar-refractivity contribution in [2.45, 2.75) is 20.0 Å². The Morgan fingerprint density at radius 3 is 2.81 bits per heavy atom. The number of aryl methyl sites for hydroxylation is 1. The second-order valence-corrected chi connectivity index (χ2v) is 3.22. The number of aliphatic carboxylic acids is 1. The SMILES string of the molecule is Cc1cc(C(=O)NOC(C)C(=O)O)ccn1. The second-order valence-electron chi connectivity index (χ2n) is 3.22. The molecular weight excluding hydrogens is 212 g/mol. The maximum Gasteiger partial charge on any atom is 0.335 e. The molecule has 0 aromatic carbocycles. The van der Waals surface area contributed by atoms with E-state index in [1.165, 1.54) is 19.2 Å². The molecule has 1 amide bonds. The number of pyridine rings is 1. The van der Waals surface area contributed by atoms with E-state index in [0.29, 0.717) is 11.3 Å². The van der Waals surface area contributed by atoms with Crippen molar-refractivity contribution in [1.29, 1.82) is 0 Å². The van der Waals surface area contributed by atoms with Crippen LogP contribution in [-0.4, -0.2) is 28.1 Å². The van der Waals surface area contributed by atoms with Crippen molar-refractivity contribution in [2.75, 3.05) is 0 Å². The van der Waals surface area contributed by atoms with Crippen molar-refractivity contribution >= 4 is 11.9 Å². The van der Waals surface area contributed by atoms with Crippen LogP contribution in [0.2, 0.25) is 0 Å². The molecule has 2 N–H and O–H groups in total. The third-order valence-corrected chi connectivity index (χ3v) is 1.84. The standard InChI is InChI=1S/C10H12N2O4/c1-6-5-8(3-4-11-6)9(13)12-16-7(2)10(14)15/h3-5,7H,1-2H3,(H,12,13)(H,14,15). The molecule has 6 nitrogen and oxygen atoms in total. The number of carbonyl (C=O) groups is 2. The molecule has 86 valence electrons. The minimum atomic E-state index is -1.15. The molecule has 1 heterocycles. The van der Waals surface area contributed by atoms with Gasteiger partial charge >= 0.3 is 5.97 Å². The number of rotatable bonds is 4.